The fourth-order valence-electron chi connectivity index (χ4n) is 4.27. The molecule has 2 unspecified atom stereocenters. The first-order valence-corrected chi connectivity index (χ1v) is 12.0. The van der Waals surface area contributed by atoms with Crippen LogP contribution >= 0.6 is 11.3 Å². The van der Waals surface area contributed by atoms with E-state index in [1.54, 1.807) is 36.8 Å². The van der Waals surface area contributed by atoms with Gasteiger partial charge in [0.25, 0.3) is 5.91 Å². The number of urea groups is 1. The molecule has 0 aromatic carbocycles. The second-order valence-electron chi connectivity index (χ2n) is 7.62. The Labute approximate surface area is 201 Å². The molecule has 0 bridgehead atoms. The first-order chi connectivity index (χ1) is 16.6. The van der Waals surface area contributed by atoms with Gasteiger partial charge in [-0.25, -0.2) is 9.78 Å². The minimum Gasteiger partial charge on any atom is -0.348 e. The number of carbonyl (C=O) groups excluding carboxylic acids is 3. The maximum absolute atomic E-state index is 13.2. The molecule has 3 N–H and O–H groups in total. The summed E-state index contributed by atoms with van der Waals surface area (Å²) < 4.78 is 0. The highest BCUT2D eigenvalue weighted by molar-refractivity contribution is 7.21. The number of hydrogen-bond acceptors (Lipinski definition) is 6. The van der Waals surface area contributed by atoms with Gasteiger partial charge in [-0.1, -0.05) is 20.4 Å². The van der Waals surface area contributed by atoms with E-state index in [4.69, 9.17) is 0 Å². The number of thiophene rings is 1. The third kappa shape index (κ3) is 4.24. The molecule has 176 valence electrons. The first-order valence-electron chi connectivity index (χ1n) is 11.2. The summed E-state index contributed by atoms with van der Waals surface area (Å²) in [5.41, 5.74) is 1.72. The molecule has 4 amide bonds. The van der Waals surface area contributed by atoms with Crippen molar-refractivity contribution in [2.45, 2.75) is 45.2 Å². The average Bonchev–Trinajstić information content (AvgIpc) is 3.46. The van der Waals surface area contributed by atoms with Gasteiger partial charge in [-0.15, -0.1) is 11.3 Å². The standard InChI is InChI=1S/C22H20N6O3S.C2H6/c1-2-16(29)25-13-6-3-7-14(13)26-20(30)19-18-17-15(8-10-24-21(17)32-19)28(22(31)27-18)12-5-4-9-23-11-12;1-2/h2,4-5,8-11,13-14H,1,3,6-7H2,(H,25,29)(H,26,30)(H,27,31);1-2H3. The number of nitrogens with zero attached hydrogens (tertiary/aromatic N) is 3. The predicted molar refractivity (Wildman–Crippen MR) is 134 cm³/mol. The van der Waals surface area contributed by atoms with Gasteiger partial charge in [-0.3, -0.25) is 19.5 Å². The van der Waals surface area contributed by atoms with E-state index >= 15 is 0 Å². The van der Waals surface area contributed by atoms with Gasteiger partial charge in [0.05, 0.1) is 28.6 Å². The van der Waals surface area contributed by atoms with E-state index in [-0.39, 0.29) is 29.9 Å². The van der Waals surface area contributed by atoms with Crippen molar-refractivity contribution in [2.24, 2.45) is 0 Å². The van der Waals surface area contributed by atoms with E-state index in [0.717, 1.165) is 19.3 Å². The van der Waals surface area contributed by atoms with Gasteiger partial charge in [0, 0.05) is 24.5 Å². The second kappa shape index (κ2) is 10.0. The summed E-state index contributed by atoms with van der Waals surface area (Å²) >= 11 is 1.23. The number of anilines is 3. The molecule has 10 heteroatoms. The van der Waals surface area contributed by atoms with E-state index in [0.29, 0.717) is 32.2 Å². The van der Waals surface area contributed by atoms with Crippen LogP contribution in [0.3, 0.4) is 0 Å². The Kier molecular flexibility index (Phi) is 6.87. The van der Waals surface area contributed by atoms with Crippen molar-refractivity contribution >= 4 is 56.5 Å². The molecular formula is C24H26N6O3S. The van der Waals surface area contributed by atoms with E-state index in [1.807, 2.05) is 13.8 Å². The largest absolute Gasteiger partial charge is 0.348 e. The topological polar surface area (TPSA) is 116 Å². The molecular weight excluding hydrogens is 452 g/mol. The molecule has 0 saturated heterocycles. The summed E-state index contributed by atoms with van der Waals surface area (Å²) in [6.45, 7) is 7.48. The Balaban J connectivity index is 0.00000133. The van der Waals surface area contributed by atoms with Crippen LogP contribution in [0.15, 0.2) is 49.4 Å². The number of carbonyl (C=O) groups is 3. The highest BCUT2D eigenvalue weighted by Crippen LogP contribution is 2.45. The van der Waals surface area contributed by atoms with E-state index in [9.17, 15) is 14.4 Å². The Hall–Kier alpha value is -3.79. The maximum atomic E-state index is 13.2. The predicted octanol–water partition coefficient (Wildman–Crippen LogP) is 4.35. The maximum Gasteiger partial charge on any atom is 0.331 e. The molecule has 4 heterocycles. The number of hydrogen-bond donors (Lipinski definition) is 3. The average molecular weight is 479 g/mol. The van der Waals surface area contributed by atoms with Crippen LogP contribution in [0.25, 0.3) is 10.2 Å². The van der Waals surface area contributed by atoms with Gasteiger partial charge in [0.1, 0.15) is 9.71 Å². The van der Waals surface area contributed by atoms with Gasteiger partial charge in [0.2, 0.25) is 5.91 Å². The zero-order valence-electron chi connectivity index (χ0n) is 19.0. The summed E-state index contributed by atoms with van der Waals surface area (Å²) in [6.07, 6.45) is 8.54. The second-order valence-corrected chi connectivity index (χ2v) is 8.62. The number of aromatic nitrogens is 2. The molecule has 1 aliphatic heterocycles. The van der Waals surface area contributed by atoms with Crippen molar-refractivity contribution in [1.82, 2.24) is 20.6 Å². The normalized spacial score (nSPS) is 18.5. The first kappa shape index (κ1) is 23.4. The van der Waals surface area contributed by atoms with Gasteiger partial charge < -0.3 is 16.0 Å². The lowest BCUT2D eigenvalue weighted by atomic mass is 10.1. The van der Waals surface area contributed by atoms with E-state index in [2.05, 4.69) is 32.5 Å². The van der Waals surface area contributed by atoms with Crippen LogP contribution in [0.2, 0.25) is 0 Å². The monoisotopic (exact) mass is 478 g/mol. The Morgan fingerprint density at radius 3 is 2.68 bits per heavy atom. The highest BCUT2D eigenvalue weighted by atomic mass is 32.1. The fourth-order valence-corrected chi connectivity index (χ4v) is 5.29. The van der Waals surface area contributed by atoms with Crippen molar-refractivity contribution < 1.29 is 14.4 Å². The summed E-state index contributed by atoms with van der Waals surface area (Å²) in [5.74, 6) is -0.557. The van der Waals surface area contributed by atoms with Crippen LogP contribution in [0.1, 0.15) is 42.8 Å². The summed E-state index contributed by atoms with van der Waals surface area (Å²) in [6, 6.07) is 4.58. The third-order valence-electron chi connectivity index (χ3n) is 5.70. The Morgan fingerprint density at radius 2 is 1.97 bits per heavy atom. The molecule has 3 aromatic heterocycles. The molecule has 1 fully saturated rings. The number of rotatable bonds is 5. The van der Waals surface area contributed by atoms with Crippen LogP contribution in [0.4, 0.5) is 21.9 Å². The lowest BCUT2D eigenvalue weighted by molar-refractivity contribution is -0.117. The molecule has 1 aliphatic carbocycles. The molecule has 0 spiro atoms. The SMILES string of the molecule is C=CC(=O)NC1CCCC1NC(=O)c1sc2nccc3c2c1NC(=O)N3c1cccnc1.CC. The Bertz CT molecular complexity index is 1240. The summed E-state index contributed by atoms with van der Waals surface area (Å²) in [7, 11) is 0. The van der Waals surface area contributed by atoms with Crippen molar-refractivity contribution in [2.75, 3.05) is 10.2 Å². The van der Waals surface area contributed by atoms with Crippen molar-refractivity contribution in [3.63, 3.8) is 0 Å². The molecule has 0 radical (unpaired) electrons. The zero-order valence-corrected chi connectivity index (χ0v) is 19.8. The lowest BCUT2D eigenvalue weighted by Gasteiger charge is -2.28. The van der Waals surface area contributed by atoms with Crippen LogP contribution < -0.4 is 20.9 Å². The van der Waals surface area contributed by atoms with Crippen LogP contribution in [0, 0.1) is 0 Å². The minimum absolute atomic E-state index is 0.153. The number of pyridine rings is 2. The number of nitrogens with one attached hydrogen (secondary N) is 3. The molecule has 5 rings (SSSR count). The molecule has 2 atom stereocenters. The van der Waals surface area contributed by atoms with Gasteiger partial charge in [0.15, 0.2) is 0 Å². The zero-order chi connectivity index (χ0) is 24.2. The van der Waals surface area contributed by atoms with Crippen molar-refractivity contribution in [3.05, 3.63) is 54.3 Å². The molecule has 3 aromatic rings. The van der Waals surface area contributed by atoms with E-state index < -0.39 is 0 Å². The van der Waals surface area contributed by atoms with Crippen molar-refractivity contribution in [3.8, 4) is 0 Å². The fraction of sp³-hybridized carbons (Fsp3) is 0.292. The molecule has 34 heavy (non-hydrogen) atoms. The third-order valence-corrected chi connectivity index (χ3v) is 6.80. The van der Waals surface area contributed by atoms with Gasteiger partial charge in [-0.05, 0) is 43.5 Å². The van der Waals surface area contributed by atoms with Crippen molar-refractivity contribution in [1.29, 1.82) is 0 Å². The molecule has 2 aliphatic rings. The number of amides is 4. The lowest BCUT2D eigenvalue weighted by Crippen LogP contribution is -2.48. The Morgan fingerprint density at radius 1 is 1.21 bits per heavy atom. The van der Waals surface area contributed by atoms with Crippen LogP contribution in [-0.4, -0.2) is 39.9 Å². The minimum atomic E-state index is -0.373. The van der Waals surface area contributed by atoms with Crippen LogP contribution in [-0.2, 0) is 4.79 Å². The highest BCUT2D eigenvalue weighted by Gasteiger charge is 2.35. The van der Waals surface area contributed by atoms with Gasteiger partial charge in [-0.2, -0.15) is 0 Å². The van der Waals surface area contributed by atoms with E-state index in [1.165, 1.54) is 22.3 Å². The summed E-state index contributed by atoms with van der Waals surface area (Å²) in [5, 5.41) is 9.49. The quantitative estimate of drug-likeness (QED) is 0.471. The molecule has 9 nitrogen and oxygen atoms in total. The summed E-state index contributed by atoms with van der Waals surface area (Å²) in [4.78, 5) is 49.0. The smallest absolute Gasteiger partial charge is 0.331 e. The van der Waals surface area contributed by atoms with Crippen LogP contribution in [0.5, 0.6) is 0 Å². The molecule has 1 saturated carbocycles. The van der Waals surface area contributed by atoms with Gasteiger partial charge >= 0.3 is 6.03 Å².